The number of hydrogen-bond donors (Lipinski definition) is 1. The number of ketones is 1. The molecule has 0 amide bonds. The summed E-state index contributed by atoms with van der Waals surface area (Å²) in [4.78, 5) is 11.3. The molecule has 0 aromatic heterocycles. The highest BCUT2D eigenvalue weighted by Crippen LogP contribution is 2.41. The topological polar surface area (TPSA) is 52.3 Å². The molecule has 1 saturated carbocycles. The maximum Gasteiger partial charge on any atom is 0.176 e. The fourth-order valence-corrected chi connectivity index (χ4v) is 1.89. The van der Waals surface area contributed by atoms with E-state index in [1.165, 1.54) is 5.56 Å². The summed E-state index contributed by atoms with van der Waals surface area (Å²) in [5.41, 5.74) is 7.28. The maximum absolute atomic E-state index is 11.3. The molecule has 3 nitrogen and oxygen atoms in total. The molecule has 16 heavy (non-hydrogen) atoms. The van der Waals surface area contributed by atoms with Gasteiger partial charge in [-0.2, -0.15) is 0 Å². The SMILES string of the molecule is COC1(Cc2ccc(C(=O)CN)cc2)CC1. The molecule has 1 aliphatic carbocycles. The molecule has 2 N–H and O–H groups in total. The van der Waals surface area contributed by atoms with E-state index in [1.807, 2.05) is 24.3 Å². The molecule has 0 heterocycles. The molecule has 0 spiro atoms. The lowest BCUT2D eigenvalue weighted by Gasteiger charge is -2.13. The van der Waals surface area contributed by atoms with Gasteiger partial charge in [0, 0.05) is 19.1 Å². The van der Waals surface area contributed by atoms with Crippen molar-refractivity contribution in [3.8, 4) is 0 Å². The number of carbonyl (C=O) groups excluding carboxylic acids is 1. The Morgan fingerprint density at radius 2 is 2.00 bits per heavy atom. The highest BCUT2D eigenvalue weighted by molar-refractivity contribution is 5.97. The van der Waals surface area contributed by atoms with Gasteiger partial charge in [0.1, 0.15) is 0 Å². The number of rotatable bonds is 5. The number of ether oxygens (including phenoxy) is 1. The van der Waals surface area contributed by atoms with Crippen molar-refractivity contribution in [3.05, 3.63) is 35.4 Å². The first kappa shape index (κ1) is 11.3. The van der Waals surface area contributed by atoms with Gasteiger partial charge < -0.3 is 10.5 Å². The Morgan fingerprint density at radius 3 is 2.44 bits per heavy atom. The first-order chi connectivity index (χ1) is 7.69. The number of hydrogen-bond acceptors (Lipinski definition) is 3. The Kier molecular flexibility index (Phi) is 3.08. The molecule has 2 rings (SSSR count). The summed E-state index contributed by atoms with van der Waals surface area (Å²) in [5, 5.41) is 0. The quantitative estimate of drug-likeness (QED) is 0.764. The van der Waals surface area contributed by atoms with E-state index in [4.69, 9.17) is 10.5 Å². The Bertz CT molecular complexity index is 379. The van der Waals surface area contributed by atoms with Crippen LogP contribution in [0.25, 0.3) is 0 Å². The highest BCUT2D eigenvalue weighted by Gasteiger charge is 2.42. The van der Waals surface area contributed by atoms with Gasteiger partial charge in [-0.15, -0.1) is 0 Å². The monoisotopic (exact) mass is 219 g/mol. The van der Waals surface area contributed by atoms with Crippen LogP contribution in [0.1, 0.15) is 28.8 Å². The molecule has 0 atom stereocenters. The van der Waals surface area contributed by atoms with E-state index in [2.05, 4.69) is 0 Å². The number of carbonyl (C=O) groups is 1. The summed E-state index contributed by atoms with van der Waals surface area (Å²) in [6.07, 6.45) is 3.19. The fraction of sp³-hybridized carbons (Fsp3) is 0.462. The van der Waals surface area contributed by atoms with Gasteiger partial charge in [-0.3, -0.25) is 4.79 Å². The van der Waals surface area contributed by atoms with E-state index in [9.17, 15) is 4.79 Å². The lowest BCUT2D eigenvalue weighted by atomic mass is 10.0. The average Bonchev–Trinajstić information content (AvgIpc) is 3.09. The zero-order chi connectivity index (χ0) is 11.6. The fourth-order valence-electron chi connectivity index (χ4n) is 1.89. The molecular formula is C13H17NO2. The van der Waals surface area contributed by atoms with Crippen LogP contribution in [0, 0.1) is 0 Å². The molecule has 3 heteroatoms. The minimum Gasteiger partial charge on any atom is -0.378 e. The summed E-state index contributed by atoms with van der Waals surface area (Å²) < 4.78 is 5.46. The van der Waals surface area contributed by atoms with Crippen LogP contribution >= 0.6 is 0 Å². The molecular weight excluding hydrogens is 202 g/mol. The smallest absolute Gasteiger partial charge is 0.176 e. The Morgan fingerprint density at radius 1 is 1.38 bits per heavy atom. The van der Waals surface area contributed by atoms with Crippen molar-refractivity contribution in [2.75, 3.05) is 13.7 Å². The molecule has 1 aromatic carbocycles. The average molecular weight is 219 g/mol. The van der Waals surface area contributed by atoms with E-state index in [-0.39, 0.29) is 17.9 Å². The zero-order valence-corrected chi connectivity index (χ0v) is 9.53. The summed E-state index contributed by atoms with van der Waals surface area (Å²) in [6, 6.07) is 7.66. The summed E-state index contributed by atoms with van der Waals surface area (Å²) in [5.74, 6) is -0.0144. The third-order valence-electron chi connectivity index (χ3n) is 3.23. The van der Waals surface area contributed by atoms with Gasteiger partial charge >= 0.3 is 0 Å². The first-order valence-corrected chi connectivity index (χ1v) is 5.56. The molecule has 0 radical (unpaired) electrons. The van der Waals surface area contributed by atoms with Gasteiger partial charge in [-0.05, 0) is 18.4 Å². The van der Waals surface area contributed by atoms with Crippen molar-refractivity contribution in [3.63, 3.8) is 0 Å². The minimum absolute atomic E-state index is 0.0144. The Balaban J connectivity index is 2.05. The second-order valence-electron chi connectivity index (χ2n) is 4.39. The highest BCUT2D eigenvalue weighted by atomic mass is 16.5. The van der Waals surface area contributed by atoms with Gasteiger partial charge in [0.05, 0.1) is 12.1 Å². The number of nitrogens with two attached hydrogens (primary N) is 1. The van der Waals surface area contributed by atoms with E-state index >= 15 is 0 Å². The number of Topliss-reactive ketones (excluding diaryl/α,β-unsaturated/α-hetero) is 1. The van der Waals surface area contributed by atoms with Crippen molar-refractivity contribution in [2.45, 2.75) is 24.9 Å². The lowest BCUT2D eigenvalue weighted by Crippen LogP contribution is -2.16. The lowest BCUT2D eigenvalue weighted by molar-refractivity contribution is 0.0807. The van der Waals surface area contributed by atoms with Gasteiger partial charge in [0.25, 0.3) is 0 Å². The molecule has 0 saturated heterocycles. The second-order valence-corrected chi connectivity index (χ2v) is 4.39. The van der Waals surface area contributed by atoms with Crippen LogP contribution < -0.4 is 5.73 Å². The van der Waals surface area contributed by atoms with Crippen LogP contribution in [0.3, 0.4) is 0 Å². The molecule has 1 aromatic rings. The van der Waals surface area contributed by atoms with Crippen LogP contribution in [0.15, 0.2) is 24.3 Å². The third kappa shape index (κ3) is 2.31. The molecule has 86 valence electrons. The van der Waals surface area contributed by atoms with Gasteiger partial charge in [0.15, 0.2) is 5.78 Å². The van der Waals surface area contributed by atoms with Crippen molar-refractivity contribution in [1.82, 2.24) is 0 Å². The van der Waals surface area contributed by atoms with E-state index in [0.29, 0.717) is 5.56 Å². The van der Waals surface area contributed by atoms with Crippen LogP contribution in [0.2, 0.25) is 0 Å². The van der Waals surface area contributed by atoms with Crippen molar-refractivity contribution in [1.29, 1.82) is 0 Å². The zero-order valence-electron chi connectivity index (χ0n) is 9.53. The maximum atomic E-state index is 11.3. The van der Waals surface area contributed by atoms with E-state index < -0.39 is 0 Å². The number of benzene rings is 1. The van der Waals surface area contributed by atoms with E-state index in [0.717, 1.165) is 19.3 Å². The summed E-state index contributed by atoms with van der Waals surface area (Å²) in [6.45, 7) is 0.0708. The summed E-state index contributed by atoms with van der Waals surface area (Å²) in [7, 11) is 1.76. The van der Waals surface area contributed by atoms with Crippen molar-refractivity contribution in [2.24, 2.45) is 5.73 Å². The van der Waals surface area contributed by atoms with Crippen LogP contribution in [0.4, 0.5) is 0 Å². The van der Waals surface area contributed by atoms with Crippen molar-refractivity contribution < 1.29 is 9.53 Å². The molecule has 0 unspecified atom stereocenters. The standard InChI is InChI=1S/C13H17NO2/c1-16-13(6-7-13)8-10-2-4-11(5-3-10)12(15)9-14/h2-5H,6-9,14H2,1H3. The minimum atomic E-state index is -0.0144. The third-order valence-corrected chi connectivity index (χ3v) is 3.23. The molecule has 1 fully saturated rings. The Labute approximate surface area is 95.6 Å². The molecule has 1 aliphatic rings. The van der Waals surface area contributed by atoms with Gasteiger partial charge in [-0.25, -0.2) is 0 Å². The van der Waals surface area contributed by atoms with Crippen LogP contribution in [-0.2, 0) is 11.2 Å². The van der Waals surface area contributed by atoms with Gasteiger partial charge in [0.2, 0.25) is 0 Å². The predicted molar refractivity (Wildman–Crippen MR) is 62.5 cm³/mol. The molecule has 0 bridgehead atoms. The summed E-state index contributed by atoms with van der Waals surface area (Å²) >= 11 is 0. The normalized spacial score (nSPS) is 17.1. The van der Waals surface area contributed by atoms with E-state index in [1.54, 1.807) is 7.11 Å². The first-order valence-electron chi connectivity index (χ1n) is 5.56. The molecule has 0 aliphatic heterocycles. The van der Waals surface area contributed by atoms with Crippen LogP contribution in [-0.4, -0.2) is 25.0 Å². The predicted octanol–water partition coefficient (Wildman–Crippen LogP) is 1.55. The van der Waals surface area contributed by atoms with Crippen molar-refractivity contribution >= 4 is 5.78 Å². The largest absolute Gasteiger partial charge is 0.378 e. The van der Waals surface area contributed by atoms with Crippen LogP contribution in [0.5, 0.6) is 0 Å². The number of methoxy groups -OCH3 is 1. The Hall–Kier alpha value is -1.19. The van der Waals surface area contributed by atoms with Gasteiger partial charge in [-0.1, -0.05) is 24.3 Å². The second kappa shape index (κ2) is 4.36.